The lowest BCUT2D eigenvalue weighted by atomic mass is 10.2. The van der Waals surface area contributed by atoms with Gasteiger partial charge in [0, 0.05) is 0 Å². The molecule has 3 N–H and O–H groups in total. The van der Waals surface area contributed by atoms with Gasteiger partial charge in [0.15, 0.2) is 5.79 Å². The van der Waals surface area contributed by atoms with Crippen molar-refractivity contribution < 1.29 is 9.84 Å². The van der Waals surface area contributed by atoms with E-state index in [1.807, 2.05) is 6.92 Å². The summed E-state index contributed by atoms with van der Waals surface area (Å²) in [6, 6.07) is 0. The molecule has 1 unspecified atom stereocenters. The van der Waals surface area contributed by atoms with Gasteiger partial charge in [0.05, 0.1) is 6.10 Å². The second-order valence-corrected chi connectivity index (χ2v) is 2.95. The molecule has 0 aromatic heterocycles. The van der Waals surface area contributed by atoms with Crippen molar-refractivity contribution in [3.63, 3.8) is 0 Å². The first-order valence-corrected chi connectivity index (χ1v) is 3.56. The molecule has 0 aliphatic carbocycles. The van der Waals surface area contributed by atoms with Crippen LogP contribution in [-0.4, -0.2) is 23.5 Å². The molecule has 0 saturated heterocycles. The fourth-order valence-electron chi connectivity index (χ4n) is 0.786. The molecule has 0 radical (unpaired) electrons. The van der Waals surface area contributed by atoms with Gasteiger partial charge in [0.1, 0.15) is 0 Å². The quantitative estimate of drug-likeness (QED) is 0.568. The predicted octanol–water partition coefficient (Wildman–Crippen LogP) is 0.469. The second kappa shape index (κ2) is 3.91. The maximum Gasteiger partial charge on any atom is 0.160 e. The molecular formula is C7H17NO2. The second-order valence-electron chi connectivity index (χ2n) is 2.95. The molecule has 0 bridgehead atoms. The van der Waals surface area contributed by atoms with Crippen molar-refractivity contribution >= 4 is 0 Å². The van der Waals surface area contributed by atoms with Crippen LogP contribution in [0.2, 0.25) is 0 Å². The average Bonchev–Trinajstić information content (AvgIpc) is 1.59. The Kier molecular flexibility index (Phi) is 3.86. The summed E-state index contributed by atoms with van der Waals surface area (Å²) in [5.74, 6) is -1.03. The van der Waals surface area contributed by atoms with Crippen molar-refractivity contribution in [3.05, 3.63) is 0 Å². The number of hydrogen-bond acceptors (Lipinski definition) is 3. The Morgan fingerprint density at radius 3 is 2.40 bits per heavy atom. The lowest BCUT2D eigenvalue weighted by Gasteiger charge is -2.23. The number of hydrogen-bond donors (Lipinski definition) is 2. The van der Waals surface area contributed by atoms with Crippen LogP contribution in [0.3, 0.4) is 0 Å². The summed E-state index contributed by atoms with van der Waals surface area (Å²) in [7, 11) is 0. The summed E-state index contributed by atoms with van der Waals surface area (Å²) in [5.41, 5.74) is 5.29. The van der Waals surface area contributed by atoms with E-state index in [9.17, 15) is 0 Å². The molecule has 0 aromatic rings. The number of rotatable bonds is 4. The van der Waals surface area contributed by atoms with Crippen LogP contribution in [0.5, 0.6) is 0 Å². The molecule has 0 heterocycles. The smallest absolute Gasteiger partial charge is 0.160 e. The molecule has 10 heavy (non-hydrogen) atoms. The molecule has 0 aromatic carbocycles. The standard InChI is InChI=1S/C7H17NO2/c1-6(4-5-8)10-7(2,3)9/h6,9H,4-5,8H2,1-3H3. The van der Waals surface area contributed by atoms with E-state index in [4.69, 9.17) is 15.6 Å². The van der Waals surface area contributed by atoms with E-state index in [2.05, 4.69) is 0 Å². The highest BCUT2D eigenvalue weighted by Crippen LogP contribution is 2.08. The fourth-order valence-corrected chi connectivity index (χ4v) is 0.786. The first-order valence-electron chi connectivity index (χ1n) is 3.56. The van der Waals surface area contributed by atoms with Gasteiger partial charge in [0.2, 0.25) is 0 Å². The highest BCUT2D eigenvalue weighted by Gasteiger charge is 2.15. The van der Waals surface area contributed by atoms with Crippen LogP contribution >= 0.6 is 0 Å². The molecular weight excluding hydrogens is 130 g/mol. The van der Waals surface area contributed by atoms with Gasteiger partial charge < -0.3 is 15.6 Å². The van der Waals surface area contributed by atoms with Crippen molar-refractivity contribution in [2.24, 2.45) is 5.73 Å². The zero-order valence-electron chi connectivity index (χ0n) is 6.92. The summed E-state index contributed by atoms with van der Waals surface area (Å²) < 4.78 is 5.15. The zero-order valence-corrected chi connectivity index (χ0v) is 6.92. The lowest BCUT2D eigenvalue weighted by Crippen LogP contribution is -2.29. The van der Waals surface area contributed by atoms with Crippen LogP contribution in [0, 0.1) is 0 Å². The highest BCUT2D eigenvalue weighted by molar-refractivity contribution is 4.56. The van der Waals surface area contributed by atoms with Crippen molar-refractivity contribution in [2.45, 2.75) is 39.1 Å². The van der Waals surface area contributed by atoms with Crippen molar-refractivity contribution in [2.75, 3.05) is 6.54 Å². The van der Waals surface area contributed by atoms with Gasteiger partial charge in [-0.2, -0.15) is 0 Å². The number of aliphatic hydroxyl groups is 1. The van der Waals surface area contributed by atoms with E-state index >= 15 is 0 Å². The molecule has 0 rings (SSSR count). The minimum absolute atomic E-state index is 0.0324. The predicted molar refractivity (Wildman–Crippen MR) is 40.5 cm³/mol. The van der Waals surface area contributed by atoms with Gasteiger partial charge in [0.25, 0.3) is 0 Å². The maximum atomic E-state index is 9.15. The Labute approximate surface area is 62.2 Å². The number of nitrogens with two attached hydrogens (primary N) is 1. The lowest BCUT2D eigenvalue weighted by molar-refractivity contribution is -0.201. The van der Waals surface area contributed by atoms with Crippen molar-refractivity contribution in [3.8, 4) is 0 Å². The topological polar surface area (TPSA) is 55.5 Å². The van der Waals surface area contributed by atoms with E-state index in [-0.39, 0.29) is 6.10 Å². The first-order chi connectivity index (χ1) is 4.45. The Morgan fingerprint density at radius 2 is 2.10 bits per heavy atom. The van der Waals surface area contributed by atoms with Gasteiger partial charge >= 0.3 is 0 Å². The van der Waals surface area contributed by atoms with Crippen LogP contribution in [0.4, 0.5) is 0 Å². The van der Waals surface area contributed by atoms with Gasteiger partial charge in [-0.05, 0) is 33.7 Å². The van der Waals surface area contributed by atoms with Crippen LogP contribution in [0.25, 0.3) is 0 Å². The van der Waals surface area contributed by atoms with Crippen LogP contribution in [0.15, 0.2) is 0 Å². The first kappa shape index (κ1) is 9.88. The number of ether oxygens (including phenoxy) is 1. The van der Waals surface area contributed by atoms with Gasteiger partial charge in [-0.1, -0.05) is 0 Å². The fraction of sp³-hybridized carbons (Fsp3) is 1.00. The maximum absolute atomic E-state index is 9.15. The molecule has 0 saturated carbocycles. The van der Waals surface area contributed by atoms with E-state index in [1.54, 1.807) is 13.8 Å². The molecule has 0 amide bonds. The Morgan fingerprint density at radius 1 is 1.60 bits per heavy atom. The molecule has 0 aliphatic rings. The normalized spacial score (nSPS) is 15.3. The SMILES string of the molecule is CC(CCN)OC(C)(C)O. The Balaban J connectivity index is 3.47. The molecule has 0 fully saturated rings. The zero-order chi connectivity index (χ0) is 8.20. The van der Waals surface area contributed by atoms with Gasteiger partial charge in [-0.25, -0.2) is 0 Å². The van der Waals surface area contributed by atoms with Crippen LogP contribution < -0.4 is 5.73 Å². The third-order valence-electron chi connectivity index (χ3n) is 1.06. The van der Waals surface area contributed by atoms with Gasteiger partial charge in [-0.3, -0.25) is 0 Å². The summed E-state index contributed by atoms with van der Waals surface area (Å²) in [6.07, 6.45) is 0.814. The summed E-state index contributed by atoms with van der Waals surface area (Å²) in [4.78, 5) is 0. The van der Waals surface area contributed by atoms with E-state index in [1.165, 1.54) is 0 Å². The van der Waals surface area contributed by atoms with Crippen molar-refractivity contribution in [1.29, 1.82) is 0 Å². The average molecular weight is 147 g/mol. The minimum Gasteiger partial charge on any atom is -0.366 e. The van der Waals surface area contributed by atoms with Crippen LogP contribution in [-0.2, 0) is 4.74 Å². The Hall–Kier alpha value is -0.120. The van der Waals surface area contributed by atoms with E-state index in [0.29, 0.717) is 6.54 Å². The molecule has 3 nitrogen and oxygen atoms in total. The summed E-state index contributed by atoms with van der Waals surface area (Å²) in [6.45, 7) is 5.71. The largest absolute Gasteiger partial charge is 0.366 e. The highest BCUT2D eigenvalue weighted by atomic mass is 16.6. The third kappa shape index (κ3) is 6.01. The minimum atomic E-state index is -1.03. The van der Waals surface area contributed by atoms with Gasteiger partial charge in [-0.15, -0.1) is 0 Å². The van der Waals surface area contributed by atoms with E-state index in [0.717, 1.165) is 6.42 Å². The van der Waals surface area contributed by atoms with Crippen LogP contribution in [0.1, 0.15) is 27.2 Å². The van der Waals surface area contributed by atoms with Crippen molar-refractivity contribution in [1.82, 2.24) is 0 Å². The molecule has 3 heteroatoms. The molecule has 0 aliphatic heterocycles. The third-order valence-corrected chi connectivity index (χ3v) is 1.06. The Bertz CT molecular complexity index is 88.1. The molecule has 62 valence electrons. The monoisotopic (exact) mass is 147 g/mol. The summed E-state index contributed by atoms with van der Waals surface area (Å²) >= 11 is 0. The summed E-state index contributed by atoms with van der Waals surface area (Å²) in [5, 5.41) is 9.15. The van der Waals surface area contributed by atoms with E-state index < -0.39 is 5.79 Å². The molecule has 1 atom stereocenters. The molecule has 0 spiro atoms.